The summed E-state index contributed by atoms with van der Waals surface area (Å²) in [6, 6.07) is 7.13. The predicted molar refractivity (Wildman–Crippen MR) is 78.0 cm³/mol. The number of methoxy groups -OCH3 is 1. The van der Waals surface area contributed by atoms with Crippen LogP contribution in [0.1, 0.15) is 6.92 Å². The standard InChI is InChI=1S/C14H15N3O2/c1-4-15-17(5-2)13-9-10-8-11(19-3)6-7-12(10)14(18)16-13/h4-9H,2H2,1,3H3,(H,16,18)/b15-4-. The largest absolute Gasteiger partial charge is 0.497 e. The summed E-state index contributed by atoms with van der Waals surface area (Å²) in [6.07, 6.45) is 3.15. The number of fused-ring (bicyclic) bond motifs is 1. The molecule has 0 amide bonds. The molecule has 1 heterocycles. The molecule has 0 fully saturated rings. The lowest BCUT2D eigenvalue weighted by atomic mass is 10.1. The van der Waals surface area contributed by atoms with Gasteiger partial charge in [-0.2, -0.15) is 5.10 Å². The molecular formula is C14H15N3O2. The first-order valence-electron chi connectivity index (χ1n) is 5.81. The second-order valence-corrected chi connectivity index (χ2v) is 3.84. The molecule has 19 heavy (non-hydrogen) atoms. The van der Waals surface area contributed by atoms with Crippen LogP contribution in [0.15, 0.2) is 46.9 Å². The highest BCUT2D eigenvalue weighted by molar-refractivity contribution is 5.85. The molecule has 5 nitrogen and oxygen atoms in total. The molecule has 98 valence electrons. The van der Waals surface area contributed by atoms with Crippen LogP contribution >= 0.6 is 0 Å². The zero-order chi connectivity index (χ0) is 13.8. The quantitative estimate of drug-likeness (QED) is 0.676. The van der Waals surface area contributed by atoms with E-state index in [1.54, 1.807) is 32.4 Å². The van der Waals surface area contributed by atoms with Gasteiger partial charge in [-0.05, 0) is 36.6 Å². The van der Waals surface area contributed by atoms with Crippen molar-refractivity contribution in [2.45, 2.75) is 6.92 Å². The number of rotatable bonds is 4. The number of nitrogens with zero attached hydrogens (tertiary/aromatic N) is 2. The zero-order valence-corrected chi connectivity index (χ0v) is 10.9. The lowest BCUT2D eigenvalue weighted by molar-refractivity contribution is 0.415. The van der Waals surface area contributed by atoms with Crippen molar-refractivity contribution in [1.29, 1.82) is 0 Å². The normalized spacial score (nSPS) is 10.8. The second kappa shape index (κ2) is 5.39. The van der Waals surface area contributed by atoms with Crippen molar-refractivity contribution in [2.75, 3.05) is 12.1 Å². The maximum atomic E-state index is 12.0. The minimum atomic E-state index is -0.173. The summed E-state index contributed by atoms with van der Waals surface area (Å²) in [5.41, 5.74) is -0.173. The van der Waals surface area contributed by atoms with Gasteiger partial charge in [0.2, 0.25) is 0 Å². The van der Waals surface area contributed by atoms with E-state index in [2.05, 4.69) is 16.7 Å². The van der Waals surface area contributed by atoms with Gasteiger partial charge in [0.15, 0.2) is 0 Å². The number of hydrogen-bond donors (Lipinski definition) is 1. The van der Waals surface area contributed by atoms with Crippen molar-refractivity contribution in [3.63, 3.8) is 0 Å². The van der Waals surface area contributed by atoms with Gasteiger partial charge in [-0.25, -0.2) is 5.01 Å². The molecule has 1 aromatic carbocycles. The van der Waals surface area contributed by atoms with Gasteiger partial charge < -0.3 is 9.72 Å². The molecule has 0 unspecified atom stereocenters. The molecule has 0 spiro atoms. The number of hydrazone groups is 1. The summed E-state index contributed by atoms with van der Waals surface area (Å²) in [6.45, 7) is 5.46. The highest BCUT2D eigenvalue weighted by Crippen LogP contribution is 2.21. The summed E-state index contributed by atoms with van der Waals surface area (Å²) in [5.74, 6) is 1.26. The van der Waals surface area contributed by atoms with Crippen molar-refractivity contribution in [3.05, 3.63) is 47.4 Å². The Labute approximate surface area is 110 Å². The van der Waals surface area contributed by atoms with Crippen molar-refractivity contribution in [1.82, 2.24) is 4.98 Å². The molecule has 5 heteroatoms. The lowest BCUT2D eigenvalue weighted by Gasteiger charge is -2.13. The molecule has 0 radical (unpaired) electrons. The van der Waals surface area contributed by atoms with Crippen molar-refractivity contribution in [3.8, 4) is 5.75 Å². The van der Waals surface area contributed by atoms with Crippen LogP contribution in [0.25, 0.3) is 10.8 Å². The van der Waals surface area contributed by atoms with E-state index < -0.39 is 0 Å². The summed E-state index contributed by atoms with van der Waals surface area (Å²) in [4.78, 5) is 14.8. The Morgan fingerprint density at radius 3 is 2.84 bits per heavy atom. The lowest BCUT2D eigenvalue weighted by Crippen LogP contribution is -2.15. The van der Waals surface area contributed by atoms with E-state index in [0.717, 1.165) is 5.39 Å². The number of aromatic nitrogens is 1. The van der Waals surface area contributed by atoms with Crippen molar-refractivity contribution >= 4 is 22.8 Å². The Morgan fingerprint density at radius 1 is 1.42 bits per heavy atom. The highest BCUT2D eigenvalue weighted by atomic mass is 16.5. The van der Waals surface area contributed by atoms with Gasteiger partial charge in [0.05, 0.1) is 7.11 Å². The monoisotopic (exact) mass is 257 g/mol. The van der Waals surface area contributed by atoms with Crippen LogP contribution in [0, 0.1) is 0 Å². The van der Waals surface area contributed by atoms with Crippen LogP contribution in [-0.2, 0) is 0 Å². The average molecular weight is 257 g/mol. The number of ether oxygens (including phenoxy) is 1. The summed E-state index contributed by atoms with van der Waals surface area (Å²) in [5, 5.41) is 6.99. The van der Waals surface area contributed by atoms with Gasteiger partial charge in [-0.3, -0.25) is 4.79 Å². The number of H-pyrrole nitrogens is 1. The maximum Gasteiger partial charge on any atom is 0.257 e. The van der Waals surface area contributed by atoms with Crippen molar-refractivity contribution < 1.29 is 4.74 Å². The Kier molecular flexibility index (Phi) is 3.66. The molecule has 0 saturated heterocycles. The molecule has 1 aromatic heterocycles. The molecule has 2 aromatic rings. The van der Waals surface area contributed by atoms with Gasteiger partial charge in [-0.1, -0.05) is 6.58 Å². The number of hydrogen-bond acceptors (Lipinski definition) is 4. The fourth-order valence-electron chi connectivity index (χ4n) is 1.82. The van der Waals surface area contributed by atoms with E-state index in [1.807, 2.05) is 12.1 Å². The first kappa shape index (κ1) is 12.9. The first-order valence-corrected chi connectivity index (χ1v) is 5.81. The molecule has 0 saturated carbocycles. The molecule has 0 aliphatic carbocycles. The zero-order valence-electron chi connectivity index (χ0n) is 10.9. The maximum absolute atomic E-state index is 12.0. The number of nitrogens with one attached hydrogen (secondary N) is 1. The average Bonchev–Trinajstić information content (AvgIpc) is 2.43. The smallest absolute Gasteiger partial charge is 0.257 e. The third-order valence-electron chi connectivity index (χ3n) is 2.70. The minimum Gasteiger partial charge on any atom is -0.497 e. The molecule has 2 rings (SSSR count). The van der Waals surface area contributed by atoms with Gasteiger partial charge in [0.1, 0.15) is 11.6 Å². The van der Waals surface area contributed by atoms with Crippen LogP contribution in [0.2, 0.25) is 0 Å². The number of pyridine rings is 1. The van der Waals surface area contributed by atoms with E-state index in [0.29, 0.717) is 17.0 Å². The molecular weight excluding hydrogens is 242 g/mol. The van der Waals surface area contributed by atoms with Gasteiger partial charge >= 0.3 is 0 Å². The first-order chi connectivity index (χ1) is 9.19. The van der Waals surface area contributed by atoms with Crippen LogP contribution in [0.4, 0.5) is 5.82 Å². The fourth-order valence-corrected chi connectivity index (χ4v) is 1.82. The number of aromatic amines is 1. The minimum absolute atomic E-state index is 0.173. The number of anilines is 1. The van der Waals surface area contributed by atoms with Crippen LogP contribution in [0.3, 0.4) is 0 Å². The Balaban J connectivity index is 2.64. The van der Waals surface area contributed by atoms with Gasteiger partial charge in [0, 0.05) is 17.8 Å². The third-order valence-corrected chi connectivity index (χ3v) is 2.70. The van der Waals surface area contributed by atoms with Crippen molar-refractivity contribution in [2.24, 2.45) is 5.10 Å². The second-order valence-electron chi connectivity index (χ2n) is 3.84. The molecule has 0 bridgehead atoms. The summed E-state index contributed by atoms with van der Waals surface area (Å²) >= 11 is 0. The number of benzene rings is 1. The van der Waals surface area contributed by atoms with E-state index >= 15 is 0 Å². The van der Waals surface area contributed by atoms with E-state index in [-0.39, 0.29) is 5.56 Å². The SMILES string of the molecule is C=CN(/N=C\C)c1cc2cc(OC)ccc2c(=O)[nH]1. The Bertz CT molecular complexity index is 689. The van der Waals surface area contributed by atoms with E-state index in [9.17, 15) is 4.79 Å². The Hall–Kier alpha value is -2.56. The third kappa shape index (κ3) is 2.49. The highest BCUT2D eigenvalue weighted by Gasteiger charge is 2.06. The molecule has 0 aliphatic rings. The molecule has 0 atom stereocenters. The summed E-state index contributed by atoms with van der Waals surface area (Å²) in [7, 11) is 1.59. The van der Waals surface area contributed by atoms with E-state index in [4.69, 9.17) is 4.74 Å². The van der Waals surface area contributed by atoms with Gasteiger partial charge in [-0.15, -0.1) is 0 Å². The topological polar surface area (TPSA) is 57.7 Å². The predicted octanol–water partition coefficient (Wildman–Crippen LogP) is 2.49. The van der Waals surface area contributed by atoms with Crippen LogP contribution < -0.4 is 15.3 Å². The van der Waals surface area contributed by atoms with Gasteiger partial charge in [0.25, 0.3) is 5.56 Å². The fraction of sp³-hybridized carbons (Fsp3) is 0.143. The van der Waals surface area contributed by atoms with E-state index in [1.165, 1.54) is 11.2 Å². The molecule has 0 aliphatic heterocycles. The van der Waals surface area contributed by atoms with Crippen LogP contribution in [0.5, 0.6) is 5.75 Å². The summed E-state index contributed by atoms with van der Waals surface area (Å²) < 4.78 is 5.16. The molecule has 1 N–H and O–H groups in total. The Morgan fingerprint density at radius 2 is 2.21 bits per heavy atom. The van der Waals surface area contributed by atoms with Crippen LogP contribution in [-0.4, -0.2) is 18.3 Å².